The van der Waals surface area contributed by atoms with E-state index in [2.05, 4.69) is 55.6 Å². The van der Waals surface area contributed by atoms with Gasteiger partial charge in [0.05, 0.1) is 0 Å². The molecule has 2 radical (unpaired) electrons. The van der Waals surface area contributed by atoms with Gasteiger partial charge in [-0.3, -0.25) is 0 Å². The first-order valence-corrected chi connectivity index (χ1v) is 6.07. The summed E-state index contributed by atoms with van der Waals surface area (Å²) in [4.78, 5) is 0. The van der Waals surface area contributed by atoms with Gasteiger partial charge < -0.3 is 0 Å². The fourth-order valence-electron chi connectivity index (χ4n) is 1.07. The molecule has 2 rings (SSSR count). The van der Waals surface area contributed by atoms with Crippen LogP contribution in [-0.2, 0) is 26.2 Å². The Labute approximate surface area is 102 Å². The van der Waals surface area contributed by atoms with Crippen LogP contribution in [0.1, 0.15) is 0 Å². The molecular formula is C11H13SiZr-. The number of fused-ring (bicyclic) bond motifs is 1. The Kier molecular flexibility index (Phi) is 7.31. The molecule has 0 nitrogen and oxygen atoms in total. The first-order chi connectivity index (χ1) is 5.88. The second-order valence-electron chi connectivity index (χ2n) is 2.65. The van der Waals surface area contributed by atoms with Gasteiger partial charge in [-0.15, -0.1) is 29.7 Å². The van der Waals surface area contributed by atoms with Gasteiger partial charge in [-0.2, -0.15) is 17.5 Å². The molecule has 13 heavy (non-hydrogen) atoms. The Morgan fingerprint density at radius 3 is 2.31 bits per heavy atom. The van der Waals surface area contributed by atoms with Crippen molar-refractivity contribution >= 4 is 20.3 Å². The van der Waals surface area contributed by atoms with Gasteiger partial charge in [-0.05, 0) is 0 Å². The number of hydrogen-bond donors (Lipinski definition) is 0. The summed E-state index contributed by atoms with van der Waals surface area (Å²) in [6, 6.07) is 14.7. The zero-order valence-corrected chi connectivity index (χ0v) is 11.5. The Morgan fingerprint density at radius 2 is 1.69 bits per heavy atom. The van der Waals surface area contributed by atoms with Crippen molar-refractivity contribution in [3.05, 3.63) is 42.5 Å². The van der Waals surface area contributed by atoms with Crippen molar-refractivity contribution in [2.45, 2.75) is 13.1 Å². The van der Waals surface area contributed by atoms with Crippen LogP contribution in [0.4, 0.5) is 0 Å². The van der Waals surface area contributed by atoms with E-state index in [1.807, 2.05) is 0 Å². The van der Waals surface area contributed by atoms with Crippen LogP contribution >= 0.6 is 0 Å². The quantitative estimate of drug-likeness (QED) is 0.506. The standard InChI is InChI=1S/C9H7.C2H6Si.Zr/c1-2-5-9-7-3-6-8(9)4-1;1-3-2;/h1-7H;1-2H3;/q-1;;. The Morgan fingerprint density at radius 1 is 1.08 bits per heavy atom. The first-order valence-electron chi connectivity index (χ1n) is 4.07. The summed E-state index contributed by atoms with van der Waals surface area (Å²) in [5.74, 6) is 0. The van der Waals surface area contributed by atoms with Gasteiger partial charge in [0.15, 0.2) is 0 Å². The first kappa shape index (κ1) is 12.9. The van der Waals surface area contributed by atoms with Crippen molar-refractivity contribution in [1.82, 2.24) is 0 Å². The van der Waals surface area contributed by atoms with Gasteiger partial charge in [0, 0.05) is 35.7 Å². The van der Waals surface area contributed by atoms with E-state index in [0.717, 1.165) is 9.52 Å². The predicted molar refractivity (Wildman–Crippen MR) is 57.0 cm³/mol. The van der Waals surface area contributed by atoms with Crippen molar-refractivity contribution in [3.63, 3.8) is 0 Å². The minimum absolute atomic E-state index is 0. The van der Waals surface area contributed by atoms with Gasteiger partial charge >= 0.3 is 0 Å². The summed E-state index contributed by atoms with van der Waals surface area (Å²) >= 11 is 0. The molecule has 0 heterocycles. The van der Waals surface area contributed by atoms with E-state index >= 15 is 0 Å². The van der Waals surface area contributed by atoms with Crippen molar-refractivity contribution in [1.29, 1.82) is 0 Å². The maximum atomic E-state index is 2.15. The summed E-state index contributed by atoms with van der Waals surface area (Å²) in [5, 5.41) is 2.66. The van der Waals surface area contributed by atoms with E-state index in [1.165, 1.54) is 10.8 Å². The second kappa shape index (κ2) is 7.34. The SMILES string of the molecule is C[Si]C.[Zr].c1ccc2[cH-]ccc2c1. The summed E-state index contributed by atoms with van der Waals surface area (Å²) in [6.45, 7) is 4.31. The zero-order chi connectivity index (χ0) is 8.81. The van der Waals surface area contributed by atoms with Crippen LogP contribution in [0.15, 0.2) is 42.5 Å². The minimum atomic E-state index is 0. The molecule has 0 N–H and O–H groups in total. The molecule has 2 heteroatoms. The average Bonchev–Trinajstić information content (AvgIpc) is 2.52. The van der Waals surface area contributed by atoms with Crippen LogP contribution in [0.3, 0.4) is 0 Å². The fraction of sp³-hybridized carbons (Fsp3) is 0.182. The summed E-state index contributed by atoms with van der Waals surface area (Å²) in [6.07, 6.45) is 0. The van der Waals surface area contributed by atoms with Crippen molar-refractivity contribution in [2.24, 2.45) is 0 Å². The third-order valence-electron chi connectivity index (χ3n) is 1.55. The second-order valence-corrected chi connectivity index (χ2v) is 3.65. The van der Waals surface area contributed by atoms with E-state index in [9.17, 15) is 0 Å². The van der Waals surface area contributed by atoms with E-state index in [0.29, 0.717) is 0 Å². The van der Waals surface area contributed by atoms with E-state index in [4.69, 9.17) is 0 Å². The van der Waals surface area contributed by atoms with Gasteiger partial charge in [0.25, 0.3) is 0 Å². The molecule has 0 amide bonds. The third kappa shape index (κ3) is 4.10. The van der Waals surface area contributed by atoms with Crippen molar-refractivity contribution < 1.29 is 26.2 Å². The van der Waals surface area contributed by atoms with Gasteiger partial charge in [-0.25, -0.2) is 0 Å². The molecule has 0 spiro atoms. The van der Waals surface area contributed by atoms with Crippen LogP contribution in [0.25, 0.3) is 10.8 Å². The van der Waals surface area contributed by atoms with Crippen LogP contribution in [0.5, 0.6) is 0 Å². The summed E-state index contributed by atoms with van der Waals surface area (Å²) in [7, 11) is 1.08. The smallest absolute Gasteiger partial charge is 0.0307 e. The summed E-state index contributed by atoms with van der Waals surface area (Å²) in [5.41, 5.74) is 0. The normalized spacial score (nSPS) is 8.46. The van der Waals surface area contributed by atoms with E-state index in [1.54, 1.807) is 0 Å². The molecule has 0 aliphatic carbocycles. The van der Waals surface area contributed by atoms with E-state index in [-0.39, 0.29) is 26.2 Å². The monoisotopic (exact) mass is 263 g/mol. The molecule has 0 unspecified atom stereocenters. The molecule has 0 atom stereocenters. The van der Waals surface area contributed by atoms with Gasteiger partial charge in [0.2, 0.25) is 0 Å². The van der Waals surface area contributed by atoms with Crippen LogP contribution < -0.4 is 0 Å². The number of benzene rings is 1. The fourth-order valence-corrected chi connectivity index (χ4v) is 1.07. The molecule has 66 valence electrons. The third-order valence-corrected chi connectivity index (χ3v) is 1.55. The largest absolute Gasteiger partial charge is 0.168 e. The van der Waals surface area contributed by atoms with Crippen LogP contribution in [0.2, 0.25) is 13.1 Å². The zero-order valence-electron chi connectivity index (χ0n) is 8.04. The average molecular weight is 265 g/mol. The van der Waals surface area contributed by atoms with Crippen LogP contribution in [0, 0.1) is 0 Å². The number of rotatable bonds is 0. The van der Waals surface area contributed by atoms with Gasteiger partial charge in [0.1, 0.15) is 0 Å². The maximum Gasteiger partial charge on any atom is 0.0307 e. The Hall–Kier alpha value is -0.0700. The molecule has 0 aromatic heterocycles. The molecule has 0 aliphatic heterocycles. The molecule has 0 saturated heterocycles. The minimum Gasteiger partial charge on any atom is -0.168 e. The molecule has 0 saturated carbocycles. The molecular weight excluding hydrogens is 251 g/mol. The Balaban J connectivity index is 0.000000324. The molecule has 0 fully saturated rings. The van der Waals surface area contributed by atoms with Crippen molar-refractivity contribution in [2.75, 3.05) is 0 Å². The van der Waals surface area contributed by atoms with Crippen LogP contribution in [-0.4, -0.2) is 9.52 Å². The number of hydrogen-bond acceptors (Lipinski definition) is 0. The molecule has 2 aromatic rings. The topological polar surface area (TPSA) is 0 Å². The van der Waals surface area contributed by atoms with Crippen molar-refractivity contribution in [3.8, 4) is 0 Å². The maximum absolute atomic E-state index is 2.15. The molecule has 0 bridgehead atoms. The van der Waals surface area contributed by atoms with Gasteiger partial charge in [-0.1, -0.05) is 19.2 Å². The molecule has 0 aliphatic rings. The predicted octanol–water partition coefficient (Wildman–Crippen LogP) is 3.34. The van der Waals surface area contributed by atoms with E-state index < -0.39 is 0 Å². The molecule has 2 aromatic carbocycles. The summed E-state index contributed by atoms with van der Waals surface area (Å²) < 4.78 is 0. The Bertz CT molecular complexity index is 297.